The summed E-state index contributed by atoms with van der Waals surface area (Å²) >= 11 is 0. The minimum atomic E-state index is 0.597. The van der Waals surface area contributed by atoms with Gasteiger partial charge in [-0.05, 0) is 6.92 Å². The SMILES string of the molecule is Cc1ccccc1.NCCN.NCCN.NCCN. The third kappa shape index (κ3) is 38.3. The van der Waals surface area contributed by atoms with Crippen molar-refractivity contribution in [3.63, 3.8) is 0 Å². The van der Waals surface area contributed by atoms with E-state index < -0.39 is 0 Å². The Labute approximate surface area is 117 Å². The van der Waals surface area contributed by atoms with Crippen LogP contribution in [-0.2, 0) is 0 Å². The molecule has 0 atom stereocenters. The highest BCUT2D eigenvalue weighted by Gasteiger charge is 1.72. The molecule has 0 aliphatic heterocycles. The molecule has 114 valence electrons. The van der Waals surface area contributed by atoms with Crippen LogP contribution in [0.4, 0.5) is 0 Å². The van der Waals surface area contributed by atoms with Crippen molar-refractivity contribution in [2.45, 2.75) is 6.92 Å². The van der Waals surface area contributed by atoms with E-state index in [1.54, 1.807) is 0 Å². The van der Waals surface area contributed by atoms with E-state index in [0.29, 0.717) is 39.3 Å². The standard InChI is InChI=1S/C7H8.3C2H8N2/c1-7-5-3-2-4-6-7;3*3-1-2-4/h2-6H,1H3;3*1-4H2. The molecule has 1 rings (SSSR count). The molecule has 0 radical (unpaired) electrons. The fourth-order valence-corrected chi connectivity index (χ4v) is 0.534. The lowest BCUT2D eigenvalue weighted by atomic mass is 10.2. The van der Waals surface area contributed by atoms with Crippen molar-refractivity contribution in [1.29, 1.82) is 0 Å². The molecule has 0 spiro atoms. The van der Waals surface area contributed by atoms with Crippen LogP contribution in [0.2, 0.25) is 0 Å². The van der Waals surface area contributed by atoms with Crippen molar-refractivity contribution in [3.05, 3.63) is 35.9 Å². The van der Waals surface area contributed by atoms with Gasteiger partial charge in [0.1, 0.15) is 0 Å². The molecule has 19 heavy (non-hydrogen) atoms. The van der Waals surface area contributed by atoms with E-state index in [-0.39, 0.29) is 0 Å². The molecule has 0 heterocycles. The van der Waals surface area contributed by atoms with E-state index in [2.05, 4.69) is 19.1 Å². The number of rotatable bonds is 3. The summed E-state index contributed by atoms with van der Waals surface area (Å²) in [6, 6.07) is 10.3. The molecule has 12 N–H and O–H groups in total. The largest absolute Gasteiger partial charge is 0.329 e. The van der Waals surface area contributed by atoms with Crippen LogP contribution >= 0.6 is 0 Å². The summed E-state index contributed by atoms with van der Waals surface area (Å²) < 4.78 is 0. The van der Waals surface area contributed by atoms with Crippen LogP contribution in [0.3, 0.4) is 0 Å². The Morgan fingerprint density at radius 2 is 0.842 bits per heavy atom. The highest BCUT2D eigenvalue weighted by Crippen LogP contribution is 1.92. The van der Waals surface area contributed by atoms with Gasteiger partial charge in [-0.15, -0.1) is 0 Å². The van der Waals surface area contributed by atoms with Gasteiger partial charge in [0.25, 0.3) is 0 Å². The Morgan fingerprint density at radius 3 is 0.947 bits per heavy atom. The Balaban J connectivity index is -0.000000189. The summed E-state index contributed by atoms with van der Waals surface area (Å²) in [4.78, 5) is 0. The second kappa shape index (κ2) is 25.7. The summed E-state index contributed by atoms with van der Waals surface area (Å²) in [7, 11) is 0. The maximum absolute atomic E-state index is 4.90. The molecule has 0 saturated heterocycles. The van der Waals surface area contributed by atoms with E-state index >= 15 is 0 Å². The molecule has 0 aromatic heterocycles. The summed E-state index contributed by atoms with van der Waals surface area (Å²) in [5.74, 6) is 0. The van der Waals surface area contributed by atoms with Gasteiger partial charge in [-0.2, -0.15) is 0 Å². The smallest absolute Gasteiger partial charge is 0.00461 e. The van der Waals surface area contributed by atoms with Crippen LogP contribution in [0.1, 0.15) is 5.56 Å². The van der Waals surface area contributed by atoms with E-state index in [4.69, 9.17) is 34.4 Å². The van der Waals surface area contributed by atoms with Crippen molar-refractivity contribution >= 4 is 0 Å². The Hall–Kier alpha value is -1.02. The van der Waals surface area contributed by atoms with Crippen LogP contribution in [0, 0.1) is 6.92 Å². The first-order valence-corrected chi connectivity index (χ1v) is 6.36. The van der Waals surface area contributed by atoms with Gasteiger partial charge in [-0.1, -0.05) is 35.9 Å². The highest BCUT2D eigenvalue weighted by atomic mass is 14.6. The zero-order valence-corrected chi connectivity index (χ0v) is 12.1. The number of benzene rings is 1. The zero-order chi connectivity index (χ0) is 15.4. The summed E-state index contributed by atoms with van der Waals surface area (Å²) in [6.07, 6.45) is 0. The lowest BCUT2D eigenvalue weighted by Gasteiger charge is -1.82. The predicted molar refractivity (Wildman–Crippen MR) is 85.5 cm³/mol. The van der Waals surface area contributed by atoms with E-state index in [1.807, 2.05) is 18.2 Å². The predicted octanol–water partition coefficient (Wildman–Crippen LogP) is -1.29. The first-order chi connectivity index (χ1) is 9.14. The number of hydrogen-bond donors (Lipinski definition) is 6. The number of hydrogen-bond acceptors (Lipinski definition) is 6. The molecule has 6 nitrogen and oxygen atoms in total. The molecule has 0 bridgehead atoms. The van der Waals surface area contributed by atoms with Gasteiger partial charge in [0, 0.05) is 39.3 Å². The average molecular weight is 272 g/mol. The Morgan fingerprint density at radius 1 is 0.579 bits per heavy atom. The summed E-state index contributed by atoms with van der Waals surface area (Å²) in [5, 5.41) is 0. The van der Waals surface area contributed by atoms with Gasteiger partial charge < -0.3 is 34.4 Å². The fourth-order valence-electron chi connectivity index (χ4n) is 0.534. The molecule has 1 aromatic rings. The van der Waals surface area contributed by atoms with Gasteiger partial charge >= 0.3 is 0 Å². The molecule has 0 fully saturated rings. The third-order valence-electron chi connectivity index (χ3n) is 1.44. The second-order valence-corrected chi connectivity index (χ2v) is 3.39. The zero-order valence-electron chi connectivity index (χ0n) is 12.1. The van der Waals surface area contributed by atoms with Crippen molar-refractivity contribution in [2.75, 3.05) is 39.3 Å². The maximum Gasteiger partial charge on any atom is 0.00461 e. The lowest BCUT2D eigenvalue weighted by Crippen LogP contribution is -2.11. The summed E-state index contributed by atoms with van der Waals surface area (Å²) in [5.41, 5.74) is 30.7. The average Bonchev–Trinajstić information content (AvgIpc) is 2.48. The number of aryl methyl sites for hydroxylation is 1. The minimum absolute atomic E-state index is 0.597. The third-order valence-corrected chi connectivity index (χ3v) is 1.44. The minimum Gasteiger partial charge on any atom is -0.329 e. The van der Waals surface area contributed by atoms with Crippen molar-refractivity contribution in [2.24, 2.45) is 34.4 Å². The van der Waals surface area contributed by atoms with E-state index in [0.717, 1.165) is 0 Å². The molecule has 0 saturated carbocycles. The van der Waals surface area contributed by atoms with Gasteiger partial charge in [-0.25, -0.2) is 0 Å². The maximum atomic E-state index is 4.90. The van der Waals surface area contributed by atoms with Crippen molar-refractivity contribution < 1.29 is 0 Å². The van der Waals surface area contributed by atoms with Crippen molar-refractivity contribution in [3.8, 4) is 0 Å². The lowest BCUT2D eigenvalue weighted by molar-refractivity contribution is 0.976. The first-order valence-electron chi connectivity index (χ1n) is 6.36. The van der Waals surface area contributed by atoms with Gasteiger partial charge in [-0.3, -0.25) is 0 Å². The van der Waals surface area contributed by atoms with Crippen LogP contribution in [-0.4, -0.2) is 39.3 Å². The molecule has 0 aliphatic rings. The highest BCUT2D eigenvalue weighted by molar-refractivity contribution is 5.11. The van der Waals surface area contributed by atoms with Crippen LogP contribution < -0.4 is 34.4 Å². The molecule has 0 aliphatic carbocycles. The quantitative estimate of drug-likeness (QED) is 0.402. The second-order valence-electron chi connectivity index (χ2n) is 3.39. The molecular weight excluding hydrogens is 240 g/mol. The van der Waals surface area contributed by atoms with E-state index in [9.17, 15) is 0 Å². The van der Waals surface area contributed by atoms with Gasteiger partial charge in [0.2, 0.25) is 0 Å². The molecule has 6 heteroatoms. The molecule has 0 unspecified atom stereocenters. The van der Waals surface area contributed by atoms with Crippen LogP contribution in [0.15, 0.2) is 30.3 Å². The topological polar surface area (TPSA) is 156 Å². The molecule has 1 aromatic carbocycles. The monoisotopic (exact) mass is 272 g/mol. The van der Waals surface area contributed by atoms with E-state index in [1.165, 1.54) is 5.56 Å². The van der Waals surface area contributed by atoms with Crippen molar-refractivity contribution in [1.82, 2.24) is 0 Å². The van der Waals surface area contributed by atoms with Crippen LogP contribution in [0.5, 0.6) is 0 Å². The molecule has 0 amide bonds. The summed E-state index contributed by atoms with van der Waals surface area (Å²) in [6.45, 7) is 5.67. The normalized spacial score (nSPS) is 7.95. The Kier molecular flexibility index (Phi) is 31.3. The van der Waals surface area contributed by atoms with Gasteiger partial charge in [0.15, 0.2) is 0 Å². The molecular formula is C13H32N6. The van der Waals surface area contributed by atoms with Crippen LogP contribution in [0.25, 0.3) is 0 Å². The first kappa shape index (κ1) is 23.1. The number of nitrogens with two attached hydrogens (primary N) is 6. The van der Waals surface area contributed by atoms with Gasteiger partial charge in [0.05, 0.1) is 0 Å². The fraction of sp³-hybridized carbons (Fsp3) is 0.538. The Bertz CT molecular complexity index is 202.